The van der Waals surface area contributed by atoms with Crippen LogP contribution in [0.5, 0.6) is 5.75 Å². The summed E-state index contributed by atoms with van der Waals surface area (Å²) in [6.45, 7) is 1.80. The number of nitrogens with one attached hydrogen (secondary N) is 1. The molecule has 110 valence electrons. The molecule has 0 amide bonds. The Labute approximate surface area is 125 Å². The fourth-order valence-electron chi connectivity index (χ4n) is 2.08. The van der Waals surface area contributed by atoms with Crippen molar-refractivity contribution in [2.75, 3.05) is 5.32 Å². The van der Waals surface area contributed by atoms with E-state index in [1.165, 1.54) is 12.3 Å². The van der Waals surface area contributed by atoms with E-state index in [9.17, 15) is 15.2 Å². The first kappa shape index (κ1) is 13.7. The van der Waals surface area contributed by atoms with Gasteiger partial charge in [0, 0.05) is 24.0 Å². The highest BCUT2D eigenvalue weighted by Gasteiger charge is 2.13. The maximum absolute atomic E-state index is 11.0. The third-order valence-corrected chi connectivity index (χ3v) is 3.26. The highest BCUT2D eigenvalue weighted by Crippen LogP contribution is 2.26. The maximum Gasteiger partial charge on any atom is 0.280 e. The fraction of sp³-hybridized carbons (Fsp3) is 0.0667. The first-order valence-electron chi connectivity index (χ1n) is 6.51. The number of phenols is 1. The molecule has 3 rings (SSSR count). The number of aryl methyl sites for hydroxylation is 1. The van der Waals surface area contributed by atoms with E-state index in [4.69, 9.17) is 0 Å². The number of aromatic hydroxyl groups is 1. The number of nitro benzene ring substituents is 1. The van der Waals surface area contributed by atoms with Crippen molar-refractivity contribution >= 4 is 28.2 Å². The van der Waals surface area contributed by atoms with Gasteiger partial charge in [0.1, 0.15) is 5.75 Å². The van der Waals surface area contributed by atoms with E-state index < -0.39 is 4.92 Å². The zero-order chi connectivity index (χ0) is 15.7. The van der Waals surface area contributed by atoms with Gasteiger partial charge in [0.2, 0.25) is 5.95 Å². The smallest absolute Gasteiger partial charge is 0.280 e. The lowest BCUT2D eigenvalue weighted by Crippen LogP contribution is -1.98. The molecule has 0 aliphatic rings. The second-order valence-corrected chi connectivity index (χ2v) is 4.79. The number of rotatable bonds is 3. The zero-order valence-corrected chi connectivity index (χ0v) is 11.6. The molecule has 0 aliphatic carbocycles. The van der Waals surface area contributed by atoms with Gasteiger partial charge < -0.3 is 10.4 Å². The Hall–Kier alpha value is -3.22. The second-order valence-electron chi connectivity index (χ2n) is 4.79. The van der Waals surface area contributed by atoms with Crippen LogP contribution < -0.4 is 5.32 Å². The molecule has 3 aromatic rings. The van der Waals surface area contributed by atoms with Crippen molar-refractivity contribution in [3.05, 3.63) is 58.3 Å². The van der Waals surface area contributed by atoms with Crippen molar-refractivity contribution in [1.29, 1.82) is 0 Å². The monoisotopic (exact) mass is 296 g/mol. The van der Waals surface area contributed by atoms with Crippen molar-refractivity contribution in [1.82, 2.24) is 9.97 Å². The minimum Gasteiger partial charge on any atom is -0.508 e. The molecule has 0 aliphatic heterocycles. The van der Waals surface area contributed by atoms with Gasteiger partial charge in [0.25, 0.3) is 5.69 Å². The summed E-state index contributed by atoms with van der Waals surface area (Å²) in [5, 5.41) is 24.0. The number of anilines is 2. The van der Waals surface area contributed by atoms with Crippen molar-refractivity contribution in [2.45, 2.75) is 6.92 Å². The van der Waals surface area contributed by atoms with Crippen LogP contribution in [0.3, 0.4) is 0 Å². The average molecular weight is 296 g/mol. The molecule has 1 aromatic heterocycles. The Bertz CT molecular complexity index is 880. The summed E-state index contributed by atoms with van der Waals surface area (Å²) >= 11 is 0. The third-order valence-electron chi connectivity index (χ3n) is 3.26. The van der Waals surface area contributed by atoms with Gasteiger partial charge in [0.05, 0.1) is 15.8 Å². The SMILES string of the molecule is Cc1ccc(Nc2ncc3c([N+](=O)[O-])cccc3n2)cc1O. The molecule has 1 heterocycles. The molecule has 2 N–H and O–H groups in total. The van der Waals surface area contributed by atoms with Crippen molar-refractivity contribution < 1.29 is 10.0 Å². The fourth-order valence-corrected chi connectivity index (χ4v) is 2.08. The van der Waals surface area contributed by atoms with E-state index >= 15 is 0 Å². The van der Waals surface area contributed by atoms with Gasteiger partial charge in [-0.1, -0.05) is 12.1 Å². The number of non-ortho nitro benzene ring substituents is 1. The van der Waals surface area contributed by atoms with E-state index in [-0.39, 0.29) is 11.4 Å². The minimum absolute atomic E-state index is 0.0305. The van der Waals surface area contributed by atoms with Crippen LogP contribution in [-0.2, 0) is 0 Å². The standard InChI is InChI=1S/C15H12N4O3/c1-9-5-6-10(7-14(9)20)17-15-16-8-11-12(18-15)3-2-4-13(11)19(21)22/h2-8,20H,1H3,(H,16,17,18). The Kier molecular flexibility index (Phi) is 3.30. The summed E-state index contributed by atoms with van der Waals surface area (Å²) in [5.74, 6) is 0.470. The Balaban J connectivity index is 1.98. The number of hydrogen-bond acceptors (Lipinski definition) is 6. The largest absolute Gasteiger partial charge is 0.508 e. The molecule has 0 spiro atoms. The van der Waals surface area contributed by atoms with Crippen molar-refractivity contribution in [3.63, 3.8) is 0 Å². The lowest BCUT2D eigenvalue weighted by Gasteiger charge is -2.07. The molecular formula is C15H12N4O3. The first-order chi connectivity index (χ1) is 10.5. The van der Waals surface area contributed by atoms with Gasteiger partial charge in [-0.05, 0) is 24.6 Å². The maximum atomic E-state index is 11.0. The molecule has 2 aromatic carbocycles. The molecule has 22 heavy (non-hydrogen) atoms. The number of phenolic OH excluding ortho intramolecular Hbond substituents is 1. The third kappa shape index (κ3) is 2.51. The molecule has 0 radical (unpaired) electrons. The molecule has 7 heteroatoms. The van der Waals surface area contributed by atoms with Crippen LogP contribution in [0.1, 0.15) is 5.56 Å². The van der Waals surface area contributed by atoms with Crippen LogP contribution in [0.15, 0.2) is 42.6 Å². The molecule has 0 unspecified atom stereocenters. The van der Waals surface area contributed by atoms with Gasteiger partial charge in [-0.3, -0.25) is 10.1 Å². The molecule has 7 nitrogen and oxygen atoms in total. The molecular weight excluding hydrogens is 284 g/mol. The number of nitrogens with zero attached hydrogens (tertiary/aromatic N) is 3. The lowest BCUT2D eigenvalue weighted by atomic mass is 10.2. The number of fused-ring (bicyclic) bond motifs is 1. The average Bonchev–Trinajstić information content (AvgIpc) is 2.50. The van der Waals surface area contributed by atoms with Crippen molar-refractivity contribution in [3.8, 4) is 5.75 Å². The van der Waals surface area contributed by atoms with Crippen LogP contribution >= 0.6 is 0 Å². The van der Waals surface area contributed by atoms with Gasteiger partial charge >= 0.3 is 0 Å². The molecule has 0 fully saturated rings. The van der Waals surface area contributed by atoms with Gasteiger partial charge in [-0.15, -0.1) is 0 Å². The number of hydrogen-bond donors (Lipinski definition) is 2. The number of nitro groups is 1. The predicted molar refractivity (Wildman–Crippen MR) is 82.3 cm³/mol. The van der Waals surface area contributed by atoms with Crippen LogP contribution in [0.2, 0.25) is 0 Å². The summed E-state index contributed by atoms with van der Waals surface area (Å²) < 4.78 is 0. The zero-order valence-electron chi connectivity index (χ0n) is 11.6. The van der Waals surface area contributed by atoms with Crippen molar-refractivity contribution in [2.24, 2.45) is 0 Å². The van der Waals surface area contributed by atoms with Gasteiger partial charge in [-0.25, -0.2) is 9.97 Å². The van der Waals surface area contributed by atoms with Crippen LogP contribution in [0, 0.1) is 17.0 Å². The van der Waals surface area contributed by atoms with Gasteiger partial charge in [0.15, 0.2) is 0 Å². The van der Waals surface area contributed by atoms with Crippen LogP contribution in [0.25, 0.3) is 10.9 Å². The Morgan fingerprint density at radius 3 is 2.82 bits per heavy atom. The van der Waals surface area contributed by atoms with Crippen LogP contribution in [-0.4, -0.2) is 20.0 Å². The first-order valence-corrected chi connectivity index (χ1v) is 6.51. The summed E-state index contributed by atoms with van der Waals surface area (Å²) in [7, 11) is 0. The van der Waals surface area contributed by atoms with Gasteiger partial charge in [-0.2, -0.15) is 0 Å². The summed E-state index contributed by atoms with van der Waals surface area (Å²) in [5.41, 5.74) is 1.84. The number of benzene rings is 2. The van der Waals surface area contributed by atoms with E-state index in [1.54, 1.807) is 37.3 Å². The van der Waals surface area contributed by atoms with E-state index in [0.29, 0.717) is 22.5 Å². The minimum atomic E-state index is -0.462. The second kappa shape index (κ2) is 5.28. The topological polar surface area (TPSA) is 101 Å². The molecule has 0 bridgehead atoms. The number of aromatic nitrogens is 2. The van der Waals surface area contributed by atoms with E-state index in [0.717, 1.165) is 5.56 Å². The highest BCUT2D eigenvalue weighted by atomic mass is 16.6. The van der Waals surface area contributed by atoms with Crippen LogP contribution in [0.4, 0.5) is 17.3 Å². The summed E-state index contributed by atoms with van der Waals surface area (Å²) in [4.78, 5) is 18.9. The quantitative estimate of drug-likeness (QED) is 0.568. The van der Waals surface area contributed by atoms with E-state index in [1.807, 2.05) is 0 Å². The Morgan fingerprint density at radius 1 is 1.27 bits per heavy atom. The molecule has 0 saturated carbocycles. The lowest BCUT2D eigenvalue weighted by molar-refractivity contribution is -0.383. The summed E-state index contributed by atoms with van der Waals surface area (Å²) in [6, 6.07) is 9.80. The highest BCUT2D eigenvalue weighted by molar-refractivity contribution is 5.87. The van der Waals surface area contributed by atoms with E-state index in [2.05, 4.69) is 15.3 Å². The normalized spacial score (nSPS) is 10.6. The molecule has 0 saturated heterocycles. The molecule has 0 atom stereocenters. The summed E-state index contributed by atoms with van der Waals surface area (Å²) in [6.07, 6.45) is 1.41. The Morgan fingerprint density at radius 2 is 2.09 bits per heavy atom. The predicted octanol–water partition coefficient (Wildman–Crippen LogP) is 3.30.